The standard InChI is InChI=1S/C12H15NO3.ClH/c13-10(6-14)4-8-3-9-5-11(15)1-2-12(9)16-7-8;/h1-2,5,7,10,14-15H,3-4,6,13H2;1H. The topological polar surface area (TPSA) is 75.7 Å². The van der Waals surface area contributed by atoms with Crippen LogP contribution in [-0.2, 0) is 6.42 Å². The molecular formula is C12H16ClNO3. The van der Waals surface area contributed by atoms with Gasteiger partial charge in [-0.3, -0.25) is 0 Å². The predicted octanol–water partition coefficient (Wildman–Crippen LogP) is 1.34. The average Bonchev–Trinajstić information content (AvgIpc) is 2.28. The summed E-state index contributed by atoms with van der Waals surface area (Å²) in [7, 11) is 0. The molecule has 1 atom stereocenters. The summed E-state index contributed by atoms with van der Waals surface area (Å²) < 4.78 is 5.43. The summed E-state index contributed by atoms with van der Waals surface area (Å²) in [5.74, 6) is 0.995. The largest absolute Gasteiger partial charge is 0.508 e. The molecule has 0 saturated heterocycles. The van der Waals surface area contributed by atoms with Gasteiger partial charge in [-0.15, -0.1) is 12.4 Å². The first-order chi connectivity index (χ1) is 7.69. The van der Waals surface area contributed by atoms with Crippen molar-refractivity contribution in [2.75, 3.05) is 6.61 Å². The molecule has 5 heteroatoms. The highest BCUT2D eigenvalue weighted by Crippen LogP contribution is 2.30. The summed E-state index contributed by atoms with van der Waals surface area (Å²) in [4.78, 5) is 0. The van der Waals surface area contributed by atoms with Gasteiger partial charge in [-0.2, -0.15) is 0 Å². The molecule has 1 aromatic carbocycles. The van der Waals surface area contributed by atoms with Crippen molar-refractivity contribution in [1.29, 1.82) is 0 Å². The summed E-state index contributed by atoms with van der Waals surface area (Å²) in [6.45, 7) is -0.0375. The normalized spacial score (nSPS) is 15.1. The van der Waals surface area contributed by atoms with Gasteiger partial charge in [0.25, 0.3) is 0 Å². The number of halogens is 1. The first kappa shape index (κ1) is 13.8. The molecule has 1 heterocycles. The van der Waals surface area contributed by atoms with Crippen LogP contribution in [0.4, 0.5) is 0 Å². The summed E-state index contributed by atoms with van der Waals surface area (Å²) >= 11 is 0. The van der Waals surface area contributed by atoms with Gasteiger partial charge in [0.05, 0.1) is 12.9 Å². The Balaban J connectivity index is 0.00000144. The van der Waals surface area contributed by atoms with Crippen molar-refractivity contribution in [2.45, 2.75) is 18.9 Å². The molecule has 2 rings (SSSR count). The second-order valence-electron chi connectivity index (χ2n) is 4.01. The lowest BCUT2D eigenvalue weighted by molar-refractivity contribution is 0.263. The number of aliphatic hydroxyl groups is 1. The van der Waals surface area contributed by atoms with Crippen LogP contribution in [0.3, 0.4) is 0 Å². The molecule has 0 spiro atoms. The van der Waals surface area contributed by atoms with Crippen LogP contribution < -0.4 is 10.5 Å². The fourth-order valence-electron chi connectivity index (χ4n) is 1.77. The number of ether oxygens (including phenoxy) is 1. The third-order valence-electron chi connectivity index (χ3n) is 2.57. The molecule has 0 fully saturated rings. The van der Waals surface area contributed by atoms with Crippen molar-refractivity contribution in [1.82, 2.24) is 0 Å². The van der Waals surface area contributed by atoms with E-state index in [-0.39, 0.29) is 30.8 Å². The maximum Gasteiger partial charge on any atom is 0.130 e. The van der Waals surface area contributed by atoms with Crippen LogP contribution in [-0.4, -0.2) is 22.9 Å². The Bertz CT molecular complexity index is 420. The molecule has 17 heavy (non-hydrogen) atoms. The molecule has 1 aliphatic heterocycles. The Kier molecular flexibility index (Phi) is 4.81. The molecule has 0 amide bonds. The Morgan fingerprint density at radius 3 is 2.88 bits per heavy atom. The molecule has 94 valence electrons. The molecule has 4 N–H and O–H groups in total. The lowest BCUT2D eigenvalue weighted by Crippen LogP contribution is -2.25. The van der Waals surface area contributed by atoms with Crippen LogP contribution in [0.5, 0.6) is 11.5 Å². The van der Waals surface area contributed by atoms with Gasteiger partial charge in [-0.05, 0) is 30.2 Å². The van der Waals surface area contributed by atoms with Gasteiger partial charge in [-0.1, -0.05) is 0 Å². The number of nitrogens with two attached hydrogens (primary N) is 1. The van der Waals surface area contributed by atoms with E-state index in [1.54, 1.807) is 24.5 Å². The van der Waals surface area contributed by atoms with E-state index in [2.05, 4.69) is 0 Å². The maximum atomic E-state index is 9.36. The fraction of sp³-hybridized carbons (Fsp3) is 0.333. The Labute approximate surface area is 106 Å². The number of fused-ring (bicyclic) bond motifs is 1. The number of aromatic hydroxyl groups is 1. The smallest absolute Gasteiger partial charge is 0.130 e. The second kappa shape index (κ2) is 5.91. The third-order valence-corrected chi connectivity index (χ3v) is 2.57. The zero-order chi connectivity index (χ0) is 11.5. The van der Waals surface area contributed by atoms with Crippen LogP contribution in [0, 0.1) is 0 Å². The van der Waals surface area contributed by atoms with Crippen LogP contribution in [0.1, 0.15) is 12.0 Å². The SMILES string of the molecule is Cl.NC(CO)CC1=COc2ccc(O)cc2C1. The first-order valence-corrected chi connectivity index (χ1v) is 5.22. The molecule has 1 aromatic rings. The Hall–Kier alpha value is -1.23. The minimum atomic E-state index is -0.256. The highest BCUT2D eigenvalue weighted by molar-refractivity contribution is 5.85. The van der Waals surface area contributed by atoms with Crippen molar-refractivity contribution < 1.29 is 14.9 Å². The summed E-state index contributed by atoms with van der Waals surface area (Å²) in [6.07, 6.45) is 2.98. The summed E-state index contributed by atoms with van der Waals surface area (Å²) in [5, 5.41) is 18.2. The number of phenols is 1. The molecule has 1 unspecified atom stereocenters. The zero-order valence-corrected chi connectivity index (χ0v) is 10.1. The molecule has 1 aliphatic rings. The maximum absolute atomic E-state index is 9.36. The lowest BCUT2D eigenvalue weighted by Gasteiger charge is -2.19. The Morgan fingerprint density at radius 1 is 1.41 bits per heavy atom. The quantitative estimate of drug-likeness (QED) is 0.764. The van der Waals surface area contributed by atoms with Crippen molar-refractivity contribution in [2.24, 2.45) is 5.73 Å². The zero-order valence-electron chi connectivity index (χ0n) is 9.30. The first-order valence-electron chi connectivity index (χ1n) is 5.22. The van der Waals surface area contributed by atoms with Crippen molar-refractivity contribution in [3.63, 3.8) is 0 Å². The minimum absolute atomic E-state index is 0. The number of rotatable bonds is 3. The highest BCUT2D eigenvalue weighted by atomic mass is 35.5. The van der Waals surface area contributed by atoms with E-state index < -0.39 is 0 Å². The molecule has 0 aliphatic carbocycles. The van der Waals surface area contributed by atoms with Gasteiger partial charge in [0, 0.05) is 18.0 Å². The predicted molar refractivity (Wildman–Crippen MR) is 67.4 cm³/mol. The van der Waals surface area contributed by atoms with E-state index in [9.17, 15) is 5.11 Å². The fourth-order valence-corrected chi connectivity index (χ4v) is 1.77. The van der Waals surface area contributed by atoms with E-state index >= 15 is 0 Å². The molecule has 0 aromatic heterocycles. The van der Waals surface area contributed by atoms with Crippen molar-refractivity contribution in [3.05, 3.63) is 35.6 Å². The highest BCUT2D eigenvalue weighted by Gasteiger charge is 2.15. The van der Waals surface area contributed by atoms with Gasteiger partial charge < -0.3 is 20.7 Å². The Morgan fingerprint density at radius 2 is 2.18 bits per heavy atom. The lowest BCUT2D eigenvalue weighted by atomic mass is 9.98. The molecule has 4 nitrogen and oxygen atoms in total. The number of hydrogen-bond donors (Lipinski definition) is 3. The van der Waals surface area contributed by atoms with E-state index in [1.165, 1.54) is 0 Å². The van der Waals surface area contributed by atoms with Crippen molar-refractivity contribution in [3.8, 4) is 11.5 Å². The minimum Gasteiger partial charge on any atom is -0.508 e. The van der Waals surface area contributed by atoms with Gasteiger partial charge in [0.1, 0.15) is 11.5 Å². The van der Waals surface area contributed by atoms with Crippen LogP contribution in [0.25, 0.3) is 0 Å². The third kappa shape index (κ3) is 3.36. The summed E-state index contributed by atoms with van der Waals surface area (Å²) in [6, 6.07) is 4.77. The van der Waals surface area contributed by atoms with Crippen LogP contribution in [0.2, 0.25) is 0 Å². The monoisotopic (exact) mass is 257 g/mol. The average molecular weight is 258 g/mol. The number of aliphatic hydroxyl groups excluding tert-OH is 1. The molecule has 0 bridgehead atoms. The molecular weight excluding hydrogens is 242 g/mol. The van der Waals surface area contributed by atoms with Gasteiger partial charge in [0.15, 0.2) is 0 Å². The summed E-state index contributed by atoms with van der Waals surface area (Å²) in [5.41, 5.74) is 7.63. The number of hydrogen-bond acceptors (Lipinski definition) is 4. The molecule has 0 radical (unpaired) electrons. The van der Waals surface area contributed by atoms with E-state index in [0.29, 0.717) is 12.8 Å². The number of phenolic OH excluding ortho intramolecular Hbond substituents is 1. The van der Waals surface area contributed by atoms with Gasteiger partial charge in [0.2, 0.25) is 0 Å². The van der Waals surface area contributed by atoms with Gasteiger partial charge >= 0.3 is 0 Å². The van der Waals surface area contributed by atoms with E-state index in [0.717, 1.165) is 16.9 Å². The number of benzene rings is 1. The van der Waals surface area contributed by atoms with Crippen molar-refractivity contribution >= 4 is 12.4 Å². The van der Waals surface area contributed by atoms with Crippen LogP contribution >= 0.6 is 12.4 Å². The second-order valence-corrected chi connectivity index (χ2v) is 4.01. The van der Waals surface area contributed by atoms with E-state index in [1.807, 2.05) is 0 Å². The van der Waals surface area contributed by atoms with E-state index in [4.69, 9.17) is 15.6 Å². The van der Waals surface area contributed by atoms with Crippen LogP contribution in [0.15, 0.2) is 30.0 Å². The van der Waals surface area contributed by atoms with Gasteiger partial charge in [-0.25, -0.2) is 0 Å². The molecule has 0 saturated carbocycles.